The van der Waals surface area contributed by atoms with Gasteiger partial charge in [-0.05, 0) is 0 Å². The standard InChI is InChI=1S/C3H5F3O2/c4-3(5,6)1-8-2-7/h7H,1-2H2. The highest BCUT2D eigenvalue weighted by atomic mass is 19.4. The van der Waals surface area contributed by atoms with Gasteiger partial charge in [-0.2, -0.15) is 13.2 Å². The summed E-state index contributed by atoms with van der Waals surface area (Å²) >= 11 is 0. The molecule has 50 valence electrons. The van der Waals surface area contributed by atoms with Gasteiger partial charge in [0.1, 0.15) is 13.4 Å². The lowest BCUT2D eigenvalue weighted by atomic mass is 10.7. The van der Waals surface area contributed by atoms with E-state index in [-0.39, 0.29) is 0 Å². The highest BCUT2D eigenvalue weighted by Crippen LogP contribution is 2.13. The van der Waals surface area contributed by atoms with Crippen LogP contribution in [0.25, 0.3) is 0 Å². The third-order valence-corrected chi connectivity index (χ3v) is 0.357. The summed E-state index contributed by atoms with van der Waals surface area (Å²) in [6.45, 7) is -2.27. The Hall–Kier alpha value is -0.290. The first-order chi connectivity index (χ1) is 3.56. The smallest absolute Gasteiger partial charge is 0.371 e. The number of hydrogen-bond donors (Lipinski definition) is 1. The van der Waals surface area contributed by atoms with Gasteiger partial charge in [0.05, 0.1) is 0 Å². The molecule has 0 bridgehead atoms. The van der Waals surface area contributed by atoms with E-state index in [1.165, 1.54) is 0 Å². The van der Waals surface area contributed by atoms with Gasteiger partial charge in [-0.25, -0.2) is 0 Å². The monoisotopic (exact) mass is 130 g/mol. The van der Waals surface area contributed by atoms with Gasteiger partial charge in [-0.1, -0.05) is 0 Å². The summed E-state index contributed by atoms with van der Waals surface area (Å²) < 4.78 is 36.6. The topological polar surface area (TPSA) is 29.5 Å². The van der Waals surface area contributed by atoms with Crippen molar-refractivity contribution in [3.8, 4) is 0 Å². The van der Waals surface area contributed by atoms with Crippen LogP contribution in [0.1, 0.15) is 0 Å². The summed E-state index contributed by atoms with van der Waals surface area (Å²) in [5.74, 6) is 0. The van der Waals surface area contributed by atoms with Crippen molar-refractivity contribution in [2.45, 2.75) is 6.18 Å². The maximum atomic E-state index is 11.0. The average Bonchev–Trinajstić information content (AvgIpc) is 1.59. The number of ether oxygens (including phenoxy) is 1. The predicted octanol–water partition coefficient (Wildman–Crippen LogP) is 0.515. The van der Waals surface area contributed by atoms with Crippen molar-refractivity contribution >= 4 is 0 Å². The van der Waals surface area contributed by atoms with Gasteiger partial charge in [0, 0.05) is 0 Å². The van der Waals surface area contributed by atoms with E-state index in [9.17, 15) is 13.2 Å². The molecule has 1 N–H and O–H groups in total. The lowest BCUT2D eigenvalue weighted by Crippen LogP contribution is -2.17. The highest BCUT2D eigenvalue weighted by molar-refractivity contribution is 4.42. The zero-order chi connectivity index (χ0) is 6.62. The van der Waals surface area contributed by atoms with E-state index in [4.69, 9.17) is 5.11 Å². The van der Waals surface area contributed by atoms with Crippen LogP contribution in [0.15, 0.2) is 0 Å². The Kier molecular flexibility index (Phi) is 2.78. The predicted molar refractivity (Wildman–Crippen MR) is 19.1 cm³/mol. The zero-order valence-corrected chi connectivity index (χ0v) is 3.90. The average molecular weight is 130 g/mol. The van der Waals surface area contributed by atoms with Crippen molar-refractivity contribution < 1.29 is 23.0 Å². The molecule has 0 heterocycles. The third-order valence-electron chi connectivity index (χ3n) is 0.357. The van der Waals surface area contributed by atoms with Crippen LogP contribution in [-0.2, 0) is 4.74 Å². The zero-order valence-electron chi connectivity index (χ0n) is 3.90. The maximum absolute atomic E-state index is 11.0. The van der Waals surface area contributed by atoms with Crippen LogP contribution in [0.3, 0.4) is 0 Å². The van der Waals surface area contributed by atoms with Gasteiger partial charge in [0.25, 0.3) is 0 Å². The maximum Gasteiger partial charge on any atom is 0.411 e. The summed E-state index contributed by atoms with van der Waals surface area (Å²) in [5.41, 5.74) is 0. The number of alkyl halides is 3. The Balaban J connectivity index is 3.11. The van der Waals surface area contributed by atoms with E-state index >= 15 is 0 Å². The molecule has 0 unspecified atom stereocenters. The molecule has 0 saturated carbocycles. The Morgan fingerprint density at radius 1 is 1.38 bits per heavy atom. The molecule has 0 fully saturated rings. The molecule has 0 aromatic heterocycles. The summed E-state index contributed by atoms with van der Waals surface area (Å²) in [4.78, 5) is 0. The van der Waals surface area contributed by atoms with Crippen molar-refractivity contribution in [1.29, 1.82) is 0 Å². The van der Waals surface area contributed by atoms with Gasteiger partial charge in [-0.15, -0.1) is 0 Å². The van der Waals surface area contributed by atoms with Crippen molar-refractivity contribution in [2.75, 3.05) is 13.4 Å². The van der Waals surface area contributed by atoms with Gasteiger partial charge >= 0.3 is 6.18 Å². The third kappa shape index (κ3) is 5.71. The Morgan fingerprint density at radius 3 is 2.00 bits per heavy atom. The van der Waals surface area contributed by atoms with Crippen LogP contribution in [0.5, 0.6) is 0 Å². The number of aliphatic hydroxyl groups excluding tert-OH is 1. The van der Waals surface area contributed by atoms with E-state index in [1.807, 2.05) is 0 Å². The molecule has 0 atom stereocenters. The molecular formula is C3H5F3O2. The summed E-state index contributed by atoms with van der Waals surface area (Å²) in [6.07, 6.45) is -4.33. The number of aliphatic hydroxyl groups is 1. The fourth-order valence-electron chi connectivity index (χ4n) is 0.161. The first-order valence-corrected chi connectivity index (χ1v) is 1.81. The number of halogens is 3. The molecule has 0 amide bonds. The van der Waals surface area contributed by atoms with Crippen LogP contribution >= 0.6 is 0 Å². The molecule has 0 spiro atoms. The Bertz CT molecular complexity index is 60.0. The lowest BCUT2D eigenvalue weighted by Gasteiger charge is -2.03. The summed E-state index contributed by atoms with van der Waals surface area (Å²) in [5, 5.41) is 7.71. The Morgan fingerprint density at radius 2 is 1.88 bits per heavy atom. The normalized spacial score (nSPS) is 12.0. The fraction of sp³-hybridized carbons (Fsp3) is 1.00. The molecule has 0 aliphatic heterocycles. The van der Waals surface area contributed by atoms with Crippen LogP contribution in [0.2, 0.25) is 0 Å². The first-order valence-electron chi connectivity index (χ1n) is 1.81. The molecule has 2 nitrogen and oxygen atoms in total. The minimum atomic E-state index is -4.33. The molecular weight excluding hydrogens is 125 g/mol. The van der Waals surface area contributed by atoms with Crippen LogP contribution in [0, 0.1) is 0 Å². The SMILES string of the molecule is OCOCC(F)(F)F. The van der Waals surface area contributed by atoms with Crippen molar-refractivity contribution in [3.05, 3.63) is 0 Å². The van der Waals surface area contributed by atoms with Gasteiger partial charge in [0.15, 0.2) is 0 Å². The second kappa shape index (κ2) is 2.88. The minimum absolute atomic E-state index is 0.889. The van der Waals surface area contributed by atoms with E-state index in [2.05, 4.69) is 4.74 Å². The van der Waals surface area contributed by atoms with Gasteiger partial charge in [-0.3, -0.25) is 0 Å². The van der Waals surface area contributed by atoms with Crippen LogP contribution < -0.4 is 0 Å². The van der Waals surface area contributed by atoms with Gasteiger partial charge < -0.3 is 9.84 Å². The quantitative estimate of drug-likeness (QED) is 0.552. The molecule has 0 radical (unpaired) electrons. The van der Waals surface area contributed by atoms with Crippen molar-refractivity contribution in [2.24, 2.45) is 0 Å². The minimum Gasteiger partial charge on any atom is -0.371 e. The van der Waals surface area contributed by atoms with Crippen LogP contribution in [-0.4, -0.2) is 24.7 Å². The summed E-state index contributed by atoms with van der Waals surface area (Å²) in [6, 6.07) is 0. The molecule has 0 aromatic carbocycles. The first kappa shape index (κ1) is 7.71. The Labute approximate surface area is 43.9 Å². The molecule has 5 heteroatoms. The van der Waals surface area contributed by atoms with E-state index in [1.54, 1.807) is 0 Å². The molecule has 0 saturated heterocycles. The molecule has 0 rings (SSSR count). The molecule has 0 aliphatic rings. The van der Waals surface area contributed by atoms with Crippen molar-refractivity contribution in [3.63, 3.8) is 0 Å². The second-order valence-electron chi connectivity index (χ2n) is 1.09. The van der Waals surface area contributed by atoms with E-state index < -0.39 is 19.6 Å². The number of rotatable bonds is 2. The van der Waals surface area contributed by atoms with E-state index in [0.29, 0.717) is 0 Å². The highest BCUT2D eigenvalue weighted by Gasteiger charge is 2.26. The van der Waals surface area contributed by atoms with Crippen molar-refractivity contribution in [1.82, 2.24) is 0 Å². The van der Waals surface area contributed by atoms with Crippen LogP contribution in [0.4, 0.5) is 13.2 Å². The van der Waals surface area contributed by atoms with Gasteiger partial charge in [0.2, 0.25) is 0 Å². The second-order valence-corrected chi connectivity index (χ2v) is 1.09. The summed E-state index contributed by atoms with van der Waals surface area (Å²) in [7, 11) is 0. The van der Waals surface area contributed by atoms with E-state index in [0.717, 1.165) is 0 Å². The molecule has 0 aromatic rings. The lowest BCUT2D eigenvalue weighted by molar-refractivity contribution is -0.189. The largest absolute Gasteiger partial charge is 0.411 e. The molecule has 0 aliphatic carbocycles. The number of hydrogen-bond acceptors (Lipinski definition) is 2. The molecule has 8 heavy (non-hydrogen) atoms. The fourth-order valence-corrected chi connectivity index (χ4v) is 0.161.